The van der Waals surface area contributed by atoms with Crippen LogP contribution in [0.1, 0.15) is 44.9 Å². The monoisotopic (exact) mass is 225 g/mol. The van der Waals surface area contributed by atoms with Gasteiger partial charge < -0.3 is 9.52 Å². The van der Waals surface area contributed by atoms with E-state index in [9.17, 15) is 4.79 Å². The van der Waals surface area contributed by atoms with E-state index >= 15 is 0 Å². The van der Waals surface area contributed by atoms with Gasteiger partial charge in [-0.25, -0.2) is 0 Å². The fourth-order valence-corrected chi connectivity index (χ4v) is 1.61. The quantitative estimate of drug-likeness (QED) is 0.748. The molecule has 0 aliphatic carbocycles. The van der Waals surface area contributed by atoms with Gasteiger partial charge in [0.25, 0.3) is 0 Å². The third kappa shape index (κ3) is 3.70. The number of hydrogen-bond donors (Lipinski definition) is 2. The van der Waals surface area contributed by atoms with Gasteiger partial charge in [0.05, 0.1) is 12.3 Å². The summed E-state index contributed by atoms with van der Waals surface area (Å²) in [5.74, 6) is -0.0328. The fourth-order valence-electron chi connectivity index (χ4n) is 1.61. The number of hydrogen-bond acceptors (Lipinski definition) is 3. The van der Waals surface area contributed by atoms with Gasteiger partial charge in [-0.05, 0) is 25.5 Å². The highest BCUT2D eigenvalue weighted by atomic mass is 16.4. The third-order valence-corrected chi connectivity index (χ3v) is 2.57. The number of carbonyl (C=O) groups is 1. The summed E-state index contributed by atoms with van der Waals surface area (Å²) >= 11 is 0. The zero-order chi connectivity index (χ0) is 12.0. The lowest BCUT2D eigenvalue weighted by atomic mass is 10.1. The van der Waals surface area contributed by atoms with Gasteiger partial charge >= 0.3 is 5.97 Å². The summed E-state index contributed by atoms with van der Waals surface area (Å²) in [5.41, 5.74) is 0. The molecule has 0 aliphatic rings. The molecule has 1 aromatic rings. The van der Waals surface area contributed by atoms with E-state index in [2.05, 4.69) is 12.2 Å². The lowest BCUT2D eigenvalue weighted by Crippen LogP contribution is -2.38. The summed E-state index contributed by atoms with van der Waals surface area (Å²) in [4.78, 5) is 11.0. The summed E-state index contributed by atoms with van der Waals surface area (Å²) in [5, 5.41) is 12.1. The van der Waals surface area contributed by atoms with Crippen LogP contribution in [0, 0.1) is 0 Å². The Labute approximate surface area is 95.7 Å². The number of aliphatic carboxylic acids is 1. The zero-order valence-corrected chi connectivity index (χ0v) is 9.77. The number of carboxylic acids is 1. The standard InChI is InChI=1S/C12H19NO3/c1-3-4-6-10(12(14)15)13-9(2)11-7-5-8-16-11/h5,7-10,13H,3-4,6H2,1-2H3,(H,14,15)/t9-,10?/m1/s1. The number of furan rings is 1. The van der Waals surface area contributed by atoms with Crippen molar-refractivity contribution in [1.82, 2.24) is 5.32 Å². The average Bonchev–Trinajstić information content (AvgIpc) is 2.76. The minimum atomic E-state index is -0.799. The van der Waals surface area contributed by atoms with E-state index in [-0.39, 0.29) is 6.04 Å². The van der Waals surface area contributed by atoms with Crippen LogP contribution in [-0.2, 0) is 4.79 Å². The van der Waals surface area contributed by atoms with Crippen LogP contribution in [0.4, 0.5) is 0 Å². The maximum atomic E-state index is 11.0. The molecule has 4 heteroatoms. The molecule has 0 aromatic carbocycles. The van der Waals surface area contributed by atoms with E-state index in [1.165, 1.54) is 0 Å². The first-order chi connectivity index (χ1) is 7.65. The first-order valence-corrected chi connectivity index (χ1v) is 5.67. The Morgan fingerprint density at radius 3 is 2.88 bits per heavy atom. The predicted molar refractivity (Wildman–Crippen MR) is 61.2 cm³/mol. The second kappa shape index (κ2) is 6.33. The second-order valence-electron chi connectivity index (χ2n) is 3.94. The topological polar surface area (TPSA) is 62.5 Å². The maximum absolute atomic E-state index is 11.0. The Morgan fingerprint density at radius 1 is 1.62 bits per heavy atom. The summed E-state index contributed by atoms with van der Waals surface area (Å²) < 4.78 is 5.22. The molecule has 90 valence electrons. The van der Waals surface area contributed by atoms with E-state index in [1.807, 2.05) is 13.0 Å². The first-order valence-electron chi connectivity index (χ1n) is 5.67. The molecule has 2 N–H and O–H groups in total. The average molecular weight is 225 g/mol. The molecular weight excluding hydrogens is 206 g/mol. The minimum Gasteiger partial charge on any atom is -0.480 e. The molecule has 0 amide bonds. The van der Waals surface area contributed by atoms with E-state index in [4.69, 9.17) is 9.52 Å². The van der Waals surface area contributed by atoms with Crippen molar-refractivity contribution in [3.05, 3.63) is 24.2 Å². The van der Waals surface area contributed by atoms with E-state index in [1.54, 1.807) is 12.3 Å². The smallest absolute Gasteiger partial charge is 0.320 e. The Bertz CT molecular complexity index is 308. The van der Waals surface area contributed by atoms with Gasteiger partial charge in [-0.1, -0.05) is 19.8 Å². The number of rotatable bonds is 7. The Hall–Kier alpha value is -1.29. The normalized spacial score (nSPS) is 14.6. The summed E-state index contributed by atoms with van der Waals surface area (Å²) in [7, 11) is 0. The molecule has 0 aliphatic heterocycles. The van der Waals surface area contributed by atoms with Gasteiger partial charge in [-0.2, -0.15) is 0 Å². The van der Waals surface area contributed by atoms with Crippen LogP contribution in [0.2, 0.25) is 0 Å². The number of unbranched alkanes of at least 4 members (excludes halogenated alkanes) is 1. The minimum absolute atomic E-state index is 0.0760. The van der Waals surface area contributed by atoms with Gasteiger partial charge in [0, 0.05) is 0 Å². The molecule has 16 heavy (non-hydrogen) atoms. The van der Waals surface area contributed by atoms with Crippen molar-refractivity contribution in [2.45, 2.75) is 45.2 Å². The highest BCUT2D eigenvalue weighted by Crippen LogP contribution is 2.14. The highest BCUT2D eigenvalue weighted by molar-refractivity contribution is 5.73. The Morgan fingerprint density at radius 2 is 2.38 bits per heavy atom. The van der Waals surface area contributed by atoms with Crippen molar-refractivity contribution >= 4 is 5.97 Å². The molecular formula is C12H19NO3. The predicted octanol–water partition coefficient (Wildman–Crippen LogP) is 2.57. The van der Waals surface area contributed by atoms with E-state index < -0.39 is 12.0 Å². The summed E-state index contributed by atoms with van der Waals surface area (Å²) in [6.07, 6.45) is 4.15. The van der Waals surface area contributed by atoms with Crippen molar-refractivity contribution in [2.75, 3.05) is 0 Å². The van der Waals surface area contributed by atoms with Crippen molar-refractivity contribution in [1.29, 1.82) is 0 Å². The molecule has 1 unspecified atom stereocenters. The van der Waals surface area contributed by atoms with Crippen LogP contribution in [0.5, 0.6) is 0 Å². The number of carboxylic acid groups (broad SMARTS) is 1. The molecule has 2 atom stereocenters. The first kappa shape index (κ1) is 12.8. The summed E-state index contributed by atoms with van der Waals surface area (Å²) in [6, 6.07) is 3.07. The van der Waals surface area contributed by atoms with Crippen LogP contribution >= 0.6 is 0 Å². The molecule has 0 saturated carbocycles. The van der Waals surface area contributed by atoms with Crippen LogP contribution in [0.3, 0.4) is 0 Å². The number of nitrogens with one attached hydrogen (secondary N) is 1. The largest absolute Gasteiger partial charge is 0.480 e. The zero-order valence-electron chi connectivity index (χ0n) is 9.77. The van der Waals surface area contributed by atoms with E-state index in [0.29, 0.717) is 6.42 Å². The molecule has 1 aromatic heterocycles. The lowest BCUT2D eigenvalue weighted by molar-refractivity contribution is -0.139. The van der Waals surface area contributed by atoms with Crippen LogP contribution in [-0.4, -0.2) is 17.1 Å². The molecule has 0 spiro atoms. The van der Waals surface area contributed by atoms with Gasteiger partial charge in [-0.3, -0.25) is 10.1 Å². The highest BCUT2D eigenvalue weighted by Gasteiger charge is 2.20. The SMILES string of the molecule is CCCCC(N[C@H](C)c1ccco1)C(=O)O. The molecule has 0 fully saturated rings. The molecule has 1 rings (SSSR count). The van der Waals surface area contributed by atoms with Crippen molar-refractivity contribution < 1.29 is 14.3 Å². The van der Waals surface area contributed by atoms with Crippen molar-refractivity contribution in [2.24, 2.45) is 0 Å². The van der Waals surface area contributed by atoms with Crippen LogP contribution < -0.4 is 5.32 Å². The van der Waals surface area contributed by atoms with Crippen LogP contribution in [0.15, 0.2) is 22.8 Å². The summed E-state index contributed by atoms with van der Waals surface area (Å²) in [6.45, 7) is 3.95. The molecule has 0 bridgehead atoms. The molecule has 1 heterocycles. The van der Waals surface area contributed by atoms with Crippen LogP contribution in [0.25, 0.3) is 0 Å². The third-order valence-electron chi connectivity index (χ3n) is 2.57. The fraction of sp³-hybridized carbons (Fsp3) is 0.583. The van der Waals surface area contributed by atoms with Gasteiger partial charge in [0.15, 0.2) is 0 Å². The van der Waals surface area contributed by atoms with Gasteiger partial charge in [-0.15, -0.1) is 0 Å². The second-order valence-corrected chi connectivity index (χ2v) is 3.94. The lowest BCUT2D eigenvalue weighted by Gasteiger charge is -2.18. The van der Waals surface area contributed by atoms with Crippen molar-refractivity contribution in [3.8, 4) is 0 Å². The van der Waals surface area contributed by atoms with Gasteiger partial charge in [0.2, 0.25) is 0 Å². The Balaban J connectivity index is 2.51. The Kier molecular flexibility index (Phi) is 5.05. The molecule has 0 radical (unpaired) electrons. The maximum Gasteiger partial charge on any atom is 0.320 e. The van der Waals surface area contributed by atoms with Crippen molar-refractivity contribution in [3.63, 3.8) is 0 Å². The molecule has 0 saturated heterocycles. The molecule has 4 nitrogen and oxygen atoms in total. The van der Waals surface area contributed by atoms with E-state index in [0.717, 1.165) is 18.6 Å². The van der Waals surface area contributed by atoms with Gasteiger partial charge in [0.1, 0.15) is 11.8 Å².